The second-order valence-corrected chi connectivity index (χ2v) is 15.4. The van der Waals surface area contributed by atoms with Gasteiger partial charge in [-0.1, -0.05) is 176 Å². The van der Waals surface area contributed by atoms with Gasteiger partial charge in [0.05, 0.1) is 16.4 Å². The van der Waals surface area contributed by atoms with Gasteiger partial charge < -0.3 is 0 Å². The zero-order chi connectivity index (χ0) is 37.8. The highest BCUT2D eigenvalue weighted by Gasteiger charge is 2.38. The molecule has 0 bridgehead atoms. The maximum Gasteiger partial charge on any atom is 0.238 e. The molecule has 0 saturated heterocycles. The molecule has 3 heterocycles. The van der Waals surface area contributed by atoms with Crippen molar-refractivity contribution in [2.45, 2.75) is 5.41 Å². The van der Waals surface area contributed by atoms with Gasteiger partial charge in [0, 0.05) is 42.1 Å². The summed E-state index contributed by atoms with van der Waals surface area (Å²) in [5, 5.41) is 4.67. The van der Waals surface area contributed by atoms with Gasteiger partial charge in [-0.3, -0.25) is 4.57 Å². The van der Waals surface area contributed by atoms with E-state index in [4.69, 9.17) is 15.0 Å². The summed E-state index contributed by atoms with van der Waals surface area (Å²) in [5.41, 5.74) is 8.03. The predicted molar refractivity (Wildman–Crippen MR) is 236 cm³/mol. The Kier molecular flexibility index (Phi) is 7.86. The molecule has 0 aliphatic carbocycles. The summed E-state index contributed by atoms with van der Waals surface area (Å²) in [6.45, 7) is 0. The molecule has 0 amide bonds. The van der Waals surface area contributed by atoms with E-state index in [1.54, 1.807) is 11.3 Å². The molecule has 0 fully saturated rings. The molecule has 11 aromatic rings. The minimum atomic E-state index is -0.619. The third-order valence-electron chi connectivity index (χ3n) is 11.2. The Labute approximate surface area is 334 Å². The van der Waals surface area contributed by atoms with Crippen LogP contribution in [0, 0.1) is 0 Å². The van der Waals surface area contributed by atoms with Gasteiger partial charge in [-0.2, -0.15) is 9.97 Å². The number of nitrogens with zero attached hydrogens (tertiary/aromatic N) is 4. The number of fused-ring (bicyclic) bond motifs is 6. The smallest absolute Gasteiger partial charge is 0.238 e. The van der Waals surface area contributed by atoms with E-state index in [2.05, 4.69) is 211 Å². The topological polar surface area (TPSA) is 43.6 Å². The average molecular weight is 747 g/mol. The number of aromatic nitrogens is 4. The molecule has 4 nitrogen and oxygen atoms in total. The molecule has 0 saturated carbocycles. The molecule has 3 aromatic heterocycles. The average Bonchev–Trinajstić information content (AvgIpc) is 3.84. The fourth-order valence-electron chi connectivity index (χ4n) is 8.77. The van der Waals surface area contributed by atoms with Crippen LogP contribution in [0.15, 0.2) is 206 Å². The molecule has 5 heteroatoms. The molecule has 0 aliphatic rings. The minimum absolute atomic E-state index is 0.579. The predicted octanol–water partition coefficient (Wildman–Crippen LogP) is 13.1. The van der Waals surface area contributed by atoms with Crippen molar-refractivity contribution in [3.8, 4) is 28.7 Å². The van der Waals surface area contributed by atoms with E-state index in [-0.39, 0.29) is 0 Å². The summed E-state index contributed by atoms with van der Waals surface area (Å²) < 4.78 is 4.63. The van der Waals surface area contributed by atoms with Gasteiger partial charge in [0.1, 0.15) is 0 Å². The summed E-state index contributed by atoms with van der Waals surface area (Å²) in [4.78, 5) is 16.1. The fourth-order valence-corrected chi connectivity index (χ4v) is 9.90. The molecule has 0 atom stereocenters. The number of benzene rings is 8. The van der Waals surface area contributed by atoms with Crippen LogP contribution < -0.4 is 0 Å². The first-order valence-corrected chi connectivity index (χ1v) is 20.0. The first-order valence-electron chi connectivity index (χ1n) is 19.2. The van der Waals surface area contributed by atoms with Crippen molar-refractivity contribution >= 4 is 53.3 Å². The first-order chi connectivity index (χ1) is 28.3. The summed E-state index contributed by atoms with van der Waals surface area (Å²) in [7, 11) is 0. The maximum atomic E-state index is 5.39. The standard InChI is InChI=1S/C52H34N4S/c1-4-19-36(20-5-1)52(37-21-6-2-7-22-37,38-23-8-3-9-24-38)39-25-16-18-35(34-39)49-53-50(43-29-17-33-47-48(43)42-28-12-15-32-46(42)57-47)55-51(54-49)56-44-30-13-10-26-40(44)41-27-11-14-31-45(41)56/h1-34H. The molecule has 0 radical (unpaired) electrons. The second-order valence-electron chi connectivity index (χ2n) is 14.4. The van der Waals surface area contributed by atoms with Crippen LogP contribution in [0.25, 0.3) is 70.7 Å². The van der Waals surface area contributed by atoms with E-state index in [0.29, 0.717) is 17.6 Å². The number of para-hydroxylation sites is 2. The number of hydrogen-bond acceptors (Lipinski definition) is 4. The Morgan fingerprint density at radius 3 is 1.51 bits per heavy atom. The summed E-state index contributed by atoms with van der Waals surface area (Å²) >= 11 is 1.80. The zero-order valence-electron chi connectivity index (χ0n) is 30.8. The molecular formula is C52H34N4S. The van der Waals surface area contributed by atoms with E-state index in [1.165, 1.54) is 31.5 Å². The van der Waals surface area contributed by atoms with Gasteiger partial charge >= 0.3 is 0 Å². The molecule has 57 heavy (non-hydrogen) atoms. The molecule has 0 spiro atoms. The van der Waals surface area contributed by atoms with E-state index in [1.807, 2.05) is 0 Å². The van der Waals surface area contributed by atoms with Crippen molar-refractivity contribution in [1.29, 1.82) is 0 Å². The van der Waals surface area contributed by atoms with Crippen LogP contribution in [0.3, 0.4) is 0 Å². The van der Waals surface area contributed by atoms with Crippen LogP contribution in [0.4, 0.5) is 0 Å². The molecular weight excluding hydrogens is 713 g/mol. The second kappa shape index (κ2) is 13.5. The number of rotatable bonds is 7. The highest BCUT2D eigenvalue weighted by atomic mass is 32.1. The maximum absolute atomic E-state index is 5.39. The van der Waals surface area contributed by atoms with Crippen molar-refractivity contribution in [3.63, 3.8) is 0 Å². The molecule has 0 N–H and O–H groups in total. The highest BCUT2D eigenvalue weighted by molar-refractivity contribution is 7.25. The van der Waals surface area contributed by atoms with Crippen LogP contribution in [-0.4, -0.2) is 19.5 Å². The van der Waals surface area contributed by atoms with Crippen LogP contribution >= 0.6 is 11.3 Å². The van der Waals surface area contributed by atoms with Gasteiger partial charge in [0.25, 0.3) is 0 Å². The third-order valence-corrected chi connectivity index (χ3v) is 12.4. The lowest BCUT2D eigenvalue weighted by molar-refractivity contribution is 0.745. The Morgan fingerprint density at radius 1 is 0.386 bits per heavy atom. The van der Waals surface area contributed by atoms with Crippen molar-refractivity contribution in [2.75, 3.05) is 0 Å². The summed E-state index contributed by atoms with van der Waals surface area (Å²) in [6.07, 6.45) is 0. The summed E-state index contributed by atoms with van der Waals surface area (Å²) in [5.74, 6) is 1.82. The Hall–Kier alpha value is -7.21. The van der Waals surface area contributed by atoms with Crippen molar-refractivity contribution in [2.24, 2.45) is 0 Å². The highest BCUT2D eigenvalue weighted by Crippen LogP contribution is 2.46. The third kappa shape index (κ3) is 5.31. The quantitative estimate of drug-likeness (QED) is 0.153. The van der Waals surface area contributed by atoms with Crippen LogP contribution in [0.1, 0.15) is 22.3 Å². The zero-order valence-corrected chi connectivity index (χ0v) is 31.6. The summed E-state index contributed by atoms with van der Waals surface area (Å²) in [6, 6.07) is 73.3. The largest absolute Gasteiger partial charge is 0.278 e. The lowest BCUT2D eigenvalue weighted by Gasteiger charge is -2.37. The van der Waals surface area contributed by atoms with Gasteiger partial charge in [0.2, 0.25) is 5.95 Å². The van der Waals surface area contributed by atoms with Gasteiger partial charge in [-0.15, -0.1) is 11.3 Å². The Morgan fingerprint density at radius 2 is 0.877 bits per heavy atom. The van der Waals surface area contributed by atoms with Crippen LogP contribution in [0.2, 0.25) is 0 Å². The molecule has 268 valence electrons. The monoisotopic (exact) mass is 746 g/mol. The fraction of sp³-hybridized carbons (Fsp3) is 0.0192. The SMILES string of the molecule is c1ccc(C(c2ccccc2)(c2ccccc2)c2cccc(-c3nc(-c4cccc5sc6ccccc6c45)nc(-n4c5ccccc5c5ccccc54)n3)c2)cc1. The van der Waals surface area contributed by atoms with Crippen LogP contribution in [0.5, 0.6) is 0 Å². The normalized spacial score (nSPS) is 11.9. The minimum Gasteiger partial charge on any atom is -0.278 e. The van der Waals surface area contributed by atoms with E-state index in [0.717, 1.165) is 43.9 Å². The van der Waals surface area contributed by atoms with Crippen molar-refractivity contribution in [1.82, 2.24) is 19.5 Å². The Bertz CT molecular complexity index is 3090. The van der Waals surface area contributed by atoms with E-state index < -0.39 is 5.41 Å². The van der Waals surface area contributed by atoms with Crippen molar-refractivity contribution < 1.29 is 0 Å². The molecule has 0 unspecified atom stereocenters. The number of thiophene rings is 1. The van der Waals surface area contributed by atoms with E-state index >= 15 is 0 Å². The lowest BCUT2D eigenvalue weighted by atomic mass is 9.65. The van der Waals surface area contributed by atoms with E-state index in [9.17, 15) is 0 Å². The first kappa shape index (κ1) is 33.2. The van der Waals surface area contributed by atoms with Crippen LogP contribution in [-0.2, 0) is 5.41 Å². The van der Waals surface area contributed by atoms with Gasteiger partial charge in [-0.05, 0) is 52.6 Å². The molecule has 8 aromatic carbocycles. The lowest BCUT2D eigenvalue weighted by Crippen LogP contribution is -2.31. The van der Waals surface area contributed by atoms with Crippen molar-refractivity contribution in [3.05, 3.63) is 229 Å². The Balaban J connectivity index is 1.21. The van der Waals surface area contributed by atoms with Gasteiger partial charge in [0.15, 0.2) is 11.6 Å². The number of hydrogen-bond donors (Lipinski definition) is 0. The molecule has 11 rings (SSSR count). The van der Waals surface area contributed by atoms with Gasteiger partial charge in [-0.25, -0.2) is 4.98 Å². The molecule has 0 aliphatic heterocycles.